The monoisotopic (exact) mass is 186 g/mol. The van der Waals surface area contributed by atoms with Gasteiger partial charge in [0.15, 0.2) is 0 Å². The molecule has 0 amide bonds. The van der Waals surface area contributed by atoms with Crippen LogP contribution in [0.3, 0.4) is 0 Å². The summed E-state index contributed by atoms with van der Waals surface area (Å²) in [6.07, 6.45) is 2.26. The van der Waals surface area contributed by atoms with Gasteiger partial charge in [0.25, 0.3) is 0 Å². The van der Waals surface area contributed by atoms with Gasteiger partial charge in [0.05, 0.1) is 12.2 Å². The molecule has 0 N–H and O–H groups in total. The summed E-state index contributed by atoms with van der Waals surface area (Å²) in [7, 11) is 0. The van der Waals surface area contributed by atoms with Crippen molar-refractivity contribution in [3.05, 3.63) is 0 Å². The van der Waals surface area contributed by atoms with E-state index < -0.39 is 0 Å². The van der Waals surface area contributed by atoms with Crippen LogP contribution < -0.4 is 0 Å². The first-order valence-electron chi connectivity index (χ1n) is 5.13. The second-order valence-corrected chi connectivity index (χ2v) is 5.32. The van der Waals surface area contributed by atoms with E-state index in [9.17, 15) is 0 Å². The molecule has 0 bridgehead atoms. The fourth-order valence-corrected chi connectivity index (χ4v) is 1.40. The van der Waals surface area contributed by atoms with E-state index in [1.807, 2.05) is 0 Å². The van der Waals surface area contributed by atoms with Crippen LogP contribution in [0.15, 0.2) is 0 Å². The summed E-state index contributed by atoms with van der Waals surface area (Å²) in [5.41, 5.74) is 0.326. The van der Waals surface area contributed by atoms with Crippen molar-refractivity contribution in [3.63, 3.8) is 0 Å². The van der Waals surface area contributed by atoms with Crippen LogP contribution in [0.2, 0.25) is 0 Å². The molecule has 0 spiro atoms. The lowest BCUT2D eigenvalue weighted by Gasteiger charge is -2.35. The maximum absolute atomic E-state index is 5.82. The summed E-state index contributed by atoms with van der Waals surface area (Å²) < 4.78 is 11.2. The predicted octanol–water partition coefficient (Wildman–Crippen LogP) is 2.62. The minimum Gasteiger partial charge on any atom is -0.381 e. The first-order valence-corrected chi connectivity index (χ1v) is 5.13. The molecule has 0 saturated carbocycles. The highest BCUT2D eigenvalue weighted by atomic mass is 16.5. The van der Waals surface area contributed by atoms with Gasteiger partial charge in [-0.2, -0.15) is 0 Å². The molecule has 78 valence electrons. The second kappa shape index (κ2) is 3.97. The number of hydrogen-bond acceptors (Lipinski definition) is 2. The Kier molecular flexibility index (Phi) is 3.36. The Labute approximate surface area is 81.6 Å². The van der Waals surface area contributed by atoms with Gasteiger partial charge in [0.2, 0.25) is 0 Å². The van der Waals surface area contributed by atoms with Gasteiger partial charge in [-0.05, 0) is 39.0 Å². The van der Waals surface area contributed by atoms with Crippen molar-refractivity contribution >= 4 is 0 Å². The van der Waals surface area contributed by atoms with E-state index in [-0.39, 0.29) is 5.60 Å². The molecule has 1 fully saturated rings. The average Bonchev–Trinajstić information content (AvgIpc) is 2.02. The summed E-state index contributed by atoms with van der Waals surface area (Å²) >= 11 is 0. The molecule has 0 aromatic rings. The maximum atomic E-state index is 5.82. The van der Waals surface area contributed by atoms with Crippen molar-refractivity contribution < 1.29 is 9.47 Å². The summed E-state index contributed by atoms with van der Waals surface area (Å²) in [6, 6.07) is 0. The molecule has 1 aliphatic rings. The van der Waals surface area contributed by atoms with Gasteiger partial charge in [-0.25, -0.2) is 0 Å². The zero-order chi connectivity index (χ0) is 9.95. The summed E-state index contributed by atoms with van der Waals surface area (Å²) in [5, 5.41) is 0. The fourth-order valence-electron chi connectivity index (χ4n) is 1.40. The second-order valence-electron chi connectivity index (χ2n) is 5.32. The summed E-state index contributed by atoms with van der Waals surface area (Å²) in [5.74, 6) is 0. The van der Waals surface area contributed by atoms with Gasteiger partial charge in [-0.15, -0.1) is 0 Å². The highest BCUT2D eigenvalue weighted by molar-refractivity contribution is 4.78. The molecule has 1 aliphatic heterocycles. The van der Waals surface area contributed by atoms with Crippen molar-refractivity contribution in [2.24, 2.45) is 5.41 Å². The van der Waals surface area contributed by atoms with Gasteiger partial charge in [-0.3, -0.25) is 0 Å². The SMILES string of the molecule is CC1(COC(C)(C)C)CCOCC1. The highest BCUT2D eigenvalue weighted by Crippen LogP contribution is 2.31. The lowest BCUT2D eigenvalue weighted by molar-refractivity contribution is -0.0810. The topological polar surface area (TPSA) is 18.5 Å². The van der Waals surface area contributed by atoms with Crippen molar-refractivity contribution in [1.82, 2.24) is 0 Å². The molecule has 1 saturated heterocycles. The van der Waals surface area contributed by atoms with Crippen LogP contribution in [-0.2, 0) is 9.47 Å². The molecule has 0 unspecified atom stereocenters. The van der Waals surface area contributed by atoms with E-state index in [1.54, 1.807) is 0 Å². The first-order chi connectivity index (χ1) is 5.91. The van der Waals surface area contributed by atoms with Crippen molar-refractivity contribution in [2.45, 2.75) is 46.1 Å². The van der Waals surface area contributed by atoms with Gasteiger partial charge in [0, 0.05) is 13.2 Å². The molecular weight excluding hydrogens is 164 g/mol. The molecule has 2 heteroatoms. The minimum absolute atomic E-state index is 0.0126. The number of hydrogen-bond donors (Lipinski definition) is 0. The molecule has 1 rings (SSSR count). The van der Waals surface area contributed by atoms with E-state index in [1.165, 1.54) is 0 Å². The molecular formula is C11H22O2. The van der Waals surface area contributed by atoms with Crippen molar-refractivity contribution in [1.29, 1.82) is 0 Å². The molecule has 1 heterocycles. The first kappa shape index (κ1) is 11.0. The quantitative estimate of drug-likeness (QED) is 0.660. The Hall–Kier alpha value is -0.0800. The lowest BCUT2D eigenvalue weighted by atomic mass is 9.83. The van der Waals surface area contributed by atoms with Crippen molar-refractivity contribution in [2.75, 3.05) is 19.8 Å². The zero-order valence-electron chi connectivity index (χ0n) is 9.35. The molecule has 0 aromatic heterocycles. The molecule has 0 radical (unpaired) electrons. The normalized spacial score (nSPS) is 23.1. The standard InChI is InChI=1S/C11H22O2/c1-10(2,3)13-9-11(4)5-7-12-8-6-11/h5-9H2,1-4H3. The molecule has 0 atom stereocenters. The Balaban J connectivity index is 2.33. The summed E-state index contributed by atoms with van der Waals surface area (Å²) in [4.78, 5) is 0. The number of ether oxygens (including phenoxy) is 2. The van der Waals surface area contributed by atoms with Crippen LogP contribution in [-0.4, -0.2) is 25.4 Å². The highest BCUT2D eigenvalue weighted by Gasteiger charge is 2.29. The van der Waals surface area contributed by atoms with Crippen LogP contribution in [0.25, 0.3) is 0 Å². The third-order valence-electron chi connectivity index (χ3n) is 2.55. The van der Waals surface area contributed by atoms with E-state index in [2.05, 4.69) is 27.7 Å². The van der Waals surface area contributed by atoms with E-state index in [0.717, 1.165) is 32.7 Å². The zero-order valence-corrected chi connectivity index (χ0v) is 9.35. The molecule has 0 aliphatic carbocycles. The van der Waals surface area contributed by atoms with Crippen LogP contribution in [0.4, 0.5) is 0 Å². The van der Waals surface area contributed by atoms with Crippen LogP contribution >= 0.6 is 0 Å². The van der Waals surface area contributed by atoms with Gasteiger partial charge < -0.3 is 9.47 Å². The predicted molar refractivity (Wildman–Crippen MR) is 53.9 cm³/mol. The third kappa shape index (κ3) is 4.10. The van der Waals surface area contributed by atoms with Gasteiger partial charge in [-0.1, -0.05) is 6.92 Å². The molecule has 0 aromatic carbocycles. The minimum atomic E-state index is -0.0126. The molecule has 13 heavy (non-hydrogen) atoms. The van der Waals surface area contributed by atoms with Gasteiger partial charge >= 0.3 is 0 Å². The summed E-state index contributed by atoms with van der Waals surface area (Å²) in [6.45, 7) is 11.3. The smallest absolute Gasteiger partial charge is 0.0598 e. The Morgan fingerprint density at radius 2 is 1.77 bits per heavy atom. The third-order valence-corrected chi connectivity index (χ3v) is 2.55. The van der Waals surface area contributed by atoms with Gasteiger partial charge in [0.1, 0.15) is 0 Å². The van der Waals surface area contributed by atoms with Crippen molar-refractivity contribution in [3.8, 4) is 0 Å². The van der Waals surface area contributed by atoms with E-state index in [4.69, 9.17) is 9.47 Å². The maximum Gasteiger partial charge on any atom is 0.0598 e. The Bertz CT molecular complexity index is 152. The molecule has 2 nitrogen and oxygen atoms in total. The van der Waals surface area contributed by atoms with Crippen LogP contribution in [0.5, 0.6) is 0 Å². The lowest BCUT2D eigenvalue weighted by Crippen LogP contribution is -2.34. The largest absolute Gasteiger partial charge is 0.381 e. The van der Waals surface area contributed by atoms with E-state index in [0.29, 0.717) is 5.41 Å². The van der Waals surface area contributed by atoms with Crippen LogP contribution in [0.1, 0.15) is 40.5 Å². The fraction of sp³-hybridized carbons (Fsp3) is 1.00. The van der Waals surface area contributed by atoms with E-state index >= 15 is 0 Å². The van der Waals surface area contributed by atoms with Crippen LogP contribution in [0, 0.1) is 5.41 Å². The Morgan fingerprint density at radius 3 is 2.23 bits per heavy atom. The number of rotatable bonds is 2. The Morgan fingerprint density at radius 1 is 1.23 bits per heavy atom. The average molecular weight is 186 g/mol.